The van der Waals surface area contributed by atoms with Gasteiger partial charge in [0, 0.05) is 0 Å². The van der Waals surface area contributed by atoms with Gasteiger partial charge in [-0.3, -0.25) is 4.72 Å². The Morgan fingerprint density at radius 1 is 0.588 bits per heavy atom. The molecule has 4 aromatic rings. The van der Waals surface area contributed by atoms with E-state index in [2.05, 4.69) is 4.72 Å². The quantitative estimate of drug-likeness (QED) is 0.357. The third kappa shape index (κ3) is 5.21. The number of hydrogen-bond acceptors (Lipinski definition) is 4. The first kappa shape index (κ1) is 23.7. The van der Waals surface area contributed by atoms with Crippen LogP contribution in [-0.4, -0.2) is 16.8 Å². The predicted molar refractivity (Wildman–Crippen MR) is 136 cm³/mol. The van der Waals surface area contributed by atoms with Crippen molar-refractivity contribution in [3.8, 4) is 11.1 Å². The summed E-state index contributed by atoms with van der Waals surface area (Å²) in [7, 11) is -7.21. The van der Waals surface area contributed by atoms with Gasteiger partial charge in [-0.2, -0.15) is 0 Å². The summed E-state index contributed by atoms with van der Waals surface area (Å²) in [5, 5.41) is 0. The lowest BCUT2D eigenvalue weighted by Crippen LogP contribution is -2.13. The molecule has 0 aliphatic heterocycles. The average molecular weight is 492 g/mol. The second kappa shape index (κ2) is 9.44. The predicted octanol–water partition coefficient (Wildman–Crippen LogP) is 5.75. The van der Waals surface area contributed by atoms with Crippen LogP contribution in [0.5, 0.6) is 0 Å². The molecule has 0 unspecified atom stereocenters. The first-order valence-corrected chi connectivity index (χ1v) is 13.9. The summed E-state index contributed by atoms with van der Waals surface area (Å²) in [4.78, 5) is 0.401. The monoisotopic (exact) mass is 491 g/mol. The summed E-state index contributed by atoms with van der Waals surface area (Å²) in [6.45, 7) is 3.74. The lowest BCUT2D eigenvalue weighted by molar-refractivity contribution is 0.594. The van der Waals surface area contributed by atoms with Gasteiger partial charge in [-0.25, -0.2) is 16.8 Å². The highest BCUT2D eigenvalue weighted by molar-refractivity contribution is 7.92. The molecule has 4 aromatic carbocycles. The molecule has 34 heavy (non-hydrogen) atoms. The van der Waals surface area contributed by atoms with Gasteiger partial charge in [0.1, 0.15) is 0 Å². The molecule has 0 amide bonds. The Labute approximate surface area is 201 Å². The van der Waals surface area contributed by atoms with Gasteiger partial charge in [0.25, 0.3) is 10.0 Å². The van der Waals surface area contributed by atoms with Crippen molar-refractivity contribution in [1.82, 2.24) is 0 Å². The van der Waals surface area contributed by atoms with Crippen molar-refractivity contribution in [2.45, 2.75) is 29.4 Å². The standard InChI is InChI=1S/C27H25NO4S2/c1-20-7-3-5-9-24(20)19-33(29,30)25-15-11-22(12-16-25)23-13-17-26(18-14-23)34(31,32)28-27-10-6-4-8-21(27)2/h3-18,28H,19H2,1-2H3. The summed E-state index contributed by atoms with van der Waals surface area (Å²) < 4.78 is 53.8. The van der Waals surface area contributed by atoms with Crippen molar-refractivity contribution in [3.63, 3.8) is 0 Å². The molecule has 0 saturated heterocycles. The van der Waals surface area contributed by atoms with Crippen LogP contribution in [0.4, 0.5) is 5.69 Å². The second-order valence-electron chi connectivity index (χ2n) is 8.15. The lowest BCUT2D eigenvalue weighted by Gasteiger charge is -2.11. The number of sulfonamides is 1. The van der Waals surface area contributed by atoms with Crippen LogP contribution in [0.3, 0.4) is 0 Å². The summed E-state index contributed by atoms with van der Waals surface area (Å²) in [6, 6.07) is 27.8. The number of para-hydroxylation sites is 1. The molecule has 174 valence electrons. The molecule has 0 radical (unpaired) electrons. The molecule has 0 aromatic heterocycles. The fourth-order valence-corrected chi connectivity index (χ4v) is 6.21. The average Bonchev–Trinajstić information content (AvgIpc) is 2.82. The van der Waals surface area contributed by atoms with Crippen molar-refractivity contribution in [1.29, 1.82) is 0 Å². The maximum atomic E-state index is 12.9. The fraction of sp³-hybridized carbons (Fsp3) is 0.111. The van der Waals surface area contributed by atoms with E-state index >= 15 is 0 Å². The Morgan fingerprint density at radius 2 is 1.09 bits per heavy atom. The normalized spacial score (nSPS) is 11.8. The second-order valence-corrected chi connectivity index (χ2v) is 11.8. The lowest BCUT2D eigenvalue weighted by atomic mass is 10.1. The minimum Gasteiger partial charge on any atom is -0.279 e. The van der Waals surface area contributed by atoms with Crippen LogP contribution >= 0.6 is 0 Å². The van der Waals surface area contributed by atoms with Crippen molar-refractivity contribution in [2.75, 3.05) is 4.72 Å². The van der Waals surface area contributed by atoms with E-state index in [4.69, 9.17) is 0 Å². The fourth-order valence-electron chi connectivity index (χ4n) is 3.63. The SMILES string of the molecule is Cc1ccccc1CS(=O)(=O)c1ccc(-c2ccc(S(=O)(=O)Nc3ccccc3C)cc2)cc1. The summed E-state index contributed by atoms with van der Waals surface area (Å²) >= 11 is 0. The number of nitrogens with one attached hydrogen (secondary N) is 1. The third-order valence-electron chi connectivity index (χ3n) is 5.71. The Bertz CT molecular complexity index is 1410. The molecular formula is C27H25NO4S2. The number of sulfone groups is 1. The zero-order valence-electron chi connectivity index (χ0n) is 18.9. The zero-order valence-corrected chi connectivity index (χ0v) is 20.5. The molecule has 0 aliphatic rings. The Balaban J connectivity index is 1.52. The highest BCUT2D eigenvalue weighted by Gasteiger charge is 2.18. The molecule has 0 heterocycles. The maximum Gasteiger partial charge on any atom is 0.261 e. The Kier molecular flexibility index (Phi) is 6.59. The molecule has 4 rings (SSSR count). The molecule has 7 heteroatoms. The molecule has 0 aliphatic carbocycles. The van der Waals surface area contributed by atoms with E-state index < -0.39 is 19.9 Å². The minimum absolute atomic E-state index is 0.0561. The van der Waals surface area contributed by atoms with Gasteiger partial charge in [-0.1, -0.05) is 66.7 Å². The van der Waals surface area contributed by atoms with E-state index in [0.29, 0.717) is 5.69 Å². The van der Waals surface area contributed by atoms with Crippen molar-refractivity contribution < 1.29 is 16.8 Å². The molecular weight excluding hydrogens is 466 g/mol. The largest absolute Gasteiger partial charge is 0.279 e. The topological polar surface area (TPSA) is 80.3 Å². The maximum absolute atomic E-state index is 12.9. The molecule has 5 nitrogen and oxygen atoms in total. The van der Waals surface area contributed by atoms with Crippen LogP contribution in [0.1, 0.15) is 16.7 Å². The number of benzene rings is 4. The number of aryl methyl sites for hydroxylation is 2. The van der Waals surface area contributed by atoms with E-state index in [1.54, 1.807) is 60.7 Å². The van der Waals surface area contributed by atoms with Gasteiger partial charge in [-0.15, -0.1) is 0 Å². The van der Waals surface area contributed by atoms with Gasteiger partial charge in [0.2, 0.25) is 0 Å². The number of rotatable bonds is 7. The number of hydrogen-bond donors (Lipinski definition) is 1. The summed E-state index contributed by atoms with van der Waals surface area (Å²) in [5.41, 5.74) is 4.68. The van der Waals surface area contributed by atoms with Gasteiger partial charge >= 0.3 is 0 Å². The Hall–Kier alpha value is -3.42. The van der Waals surface area contributed by atoms with E-state index in [1.807, 2.05) is 50.2 Å². The van der Waals surface area contributed by atoms with Crippen molar-refractivity contribution >= 4 is 25.5 Å². The van der Waals surface area contributed by atoms with Crippen molar-refractivity contribution in [2.24, 2.45) is 0 Å². The minimum atomic E-state index is -3.72. The van der Waals surface area contributed by atoms with E-state index in [1.165, 1.54) is 0 Å². The smallest absolute Gasteiger partial charge is 0.261 e. The zero-order chi connectivity index (χ0) is 24.3. The van der Waals surface area contributed by atoms with Crippen LogP contribution in [0.25, 0.3) is 11.1 Å². The van der Waals surface area contributed by atoms with Gasteiger partial charge in [-0.05, 0) is 72.0 Å². The van der Waals surface area contributed by atoms with Crippen LogP contribution in [0.2, 0.25) is 0 Å². The van der Waals surface area contributed by atoms with E-state index in [0.717, 1.165) is 27.8 Å². The molecule has 0 bridgehead atoms. The highest BCUT2D eigenvalue weighted by Crippen LogP contribution is 2.26. The first-order valence-electron chi connectivity index (χ1n) is 10.7. The Morgan fingerprint density at radius 3 is 1.65 bits per heavy atom. The van der Waals surface area contributed by atoms with Crippen LogP contribution < -0.4 is 4.72 Å². The third-order valence-corrected chi connectivity index (χ3v) is 8.77. The summed E-state index contributed by atoms with van der Waals surface area (Å²) in [5.74, 6) is -0.0561. The molecule has 0 fully saturated rings. The summed E-state index contributed by atoms with van der Waals surface area (Å²) in [6.07, 6.45) is 0. The van der Waals surface area contributed by atoms with Crippen LogP contribution in [0, 0.1) is 13.8 Å². The van der Waals surface area contributed by atoms with Crippen molar-refractivity contribution in [3.05, 3.63) is 114 Å². The van der Waals surface area contributed by atoms with E-state index in [9.17, 15) is 16.8 Å². The molecule has 1 N–H and O–H groups in total. The van der Waals surface area contributed by atoms with Gasteiger partial charge in [0.15, 0.2) is 9.84 Å². The first-order chi connectivity index (χ1) is 16.2. The van der Waals surface area contributed by atoms with E-state index in [-0.39, 0.29) is 15.5 Å². The van der Waals surface area contributed by atoms with Gasteiger partial charge in [0.05, 0.1) is 21.2 Å². The van der Waals surface area contributed by atoms with Gasteiger partial charge < -0.3 is 0 Å². The van der Waals surface area contributed by atoms with Crippen LogP contribution in [-0.2, 0) is 25.6 Å². The molecule has 0 saturated carbocycles. The highest BCUT2D eigenvalue weighted by atomic mass is 32.2. The number of anilines is 1. The molecule has 0 atom stereocenters. The molecule has 0 spiro atoms. The van der Waals surface area contributed by atoms with Crippen LogP contribution in [0.15, 0.2) is 107 Å².